The number of nitrogens with zero attached hydrogens (tertiary/aromatic N) is 5. The van der Waals surface area contributed by atoms with Crippen molar-refractivity contribution < 1.29 is 4.79 Å². The second kappa shape index (κ2) is 11.7. The Morgan fingerprint density at radius 1 is 1.24 bits per heavy atom. The van der Waals surface area contributed by atoms with Crippen molar-refractivity contribution in [2.45, 2.75) is 20.8 Å². The molecule has 0 fully saturated rings. The lowest BCUT2D eigenvalue weighted by molar-refractivity contribution is 0.0949. The van der Waals surface area contributed by atoms with Gasteiger partial charge in [0.05, 0.1) is 11.3 Å². The van der Waals surface area contributed by atoms with Crippen molar-refractivity contribution in [1.29, 1.82) is 0 Å². The van der Waals surface area contributed by atoms with Gasteiger partial charge in [0.1, 0.15) is 5.52 Å². The number of carbonyl (C=O) groups excluding carboxylic acids is 1. The van der Waals surface area contributed by atoms with Crippen LogP contribution in [0.5, 0.6) is 0 Å². The Balaban J connectivity index is 1.85. The van der Waals surface area contributed by atoms with Gasteiger partial charge < -0.3 is 15.5 Å². The molecular weight excluding hydrogens is 414 g/mol. The summed E-state index contributed by atoms with van der Waals surface area (Å²) in [7, 11) is 0. The highest BCUT2D eigenvalue weighted by Gasteiger charge is 2.15. The highest BCUT2D eigenvalue weighted by molar-refractivity contribution is 6.00. The van der Waals surface area contributed by atoms with Gasteiger partial charge in [-0.15, -0.1) is 5.10 Å². The molecule has 172 valence electrons. The fraction of sp³-hybridized carbons (Fsp3) is 0.280. The Bertz CT molecular complexity index is 1160. The second-order valence-electron chi connectivity index (χ2n) is 7.36. The highest BCUT2D eigenvalue weighted by atomic mass is 16.1. The molecule has 3 aromatic heterocycles. The van der Waals surface area contributed by atoms with E-state index in [0.29, 0.717) is 35.0 Å². The van der Waals surface area contributed by atoms with Gasteiger partial charge in [-0.3, -0.25) is 9.78 Å². The second-order valence-corrected chi connectivity index (χ2v) is 7.36. The maximum atomic E-state index is 12.9. The molecule has 3 rings (SSSR count). The van der Waals surface area contributed by atoms with Crippen molar-refractivity contribution in [2.24, 2.45) is 0 Å². The van der Waals surface area contributed by atoms with Gasteiger partial charge in [0.15, 0.2) is 11.6 Å². The summed E-state index contributed by atoms with van der Waals surface area (Å²) in [6.07, 6.45) is 12.7. The lowest BCUT2D eigenvalue weighted by Crippen LogP contribution is -2.35. The molecule has 0 saturated heterocycles. The van der Waals surface area contributed by atoms with Crippen LogP contribution < -0.4 is 10.6 Å². The molecule has 0 aliphatic carbocycles. The minimum absolute atomic E-state index is 0.183. The van der Waals surface area contributed by atoms with E-state index < -0.39 is 0 Å². The average Bonchev–Trinajstić information content (AvgIpc) is 3.31. The molecule has 0 unspecified atom stereocenters. The zero-order valence-corrected chi connectivity index (χ0v) is 19.5. The smallest absolute Gasteiger partial charge is 0.255 e. The van der Waals surface area contributed by atoms with Crippen molar-refractivity contribution in [3.05, 3.63) is 79.1 Å². The average molecular weight is 446 g/mol. The summed E-state index contributed by atoms with van der Waals surface area (Å²) >= 11 is 0. The summed E-state index contributed by atoms with van der Waals surface area (Å²) in [5.41, 5.74) is 2.53. The lowest BCUT2D eigenvalue weighted by Gasteiger charge is -2.18. The van der Waals surface area contributed by atoms with Gasteiger partial charge >= 0.3 is 0 Å². The Kier molecular flexibility index (Phi) is 8.49. The molecular formula is C25H31N7O. The minimum Gasteiger partial charge on any atom is -0.351 e. The number of likely N-dealkylation sites (N-methyl/N-ethyl adjacent to an activating group) is 1. The topological polar surface area (TPSA) is 87.4 Å². The molecule has 0 spiro atoms. The highest BCUT2D eigenvalue weighted by Crippen LogP contribution is 2.24. The van der Waals surface area contributed by atoms with Gasteiger partial charge in [0.25, 0.3) is 5.91 Å². The van der Waals surface area contributed by atoms with E-state index in [1.54, 1.807) is 23.0 Å². The number of carbonyl (C=O) groups is 1. The Morgan fingerprint density at radius 2 is 2.06 bits per heavy atom. The zero-order valence-electron chi connectivity index (χ0n) is 19.5. The van der Waals surface area contributed by atoms with E-state index in [1.165, 1.54) is 0 Å². The van der Waals surface area contributed by atoms with E-state index in [9.17, 15) is 4.79 Å². The molecule has 0 radical (unpaired) electrons. The third-order valence-electron chi connectivity index (χ3n) is 5.21. The minimum atomic E-state index is -0.183. The number of rotatable bonds is 11. The number of allylic oxidation sites excluding steroid dienone is 5. The fourth-order valence-electron chi connectivity index (χ4n) is 3.29. The molecule has 0 bridgehead atoms. The van der Waals surface area contributed by atoms with Crippen molar-refractivity contribution in [3.8, 4) is 0 Å². The molecule has 0 aliphatic rings. The van der Waals surface area contributed by atoms with Crippen molar-refractivity contribution in [3.63, 3.8) is 0 Å². The predicted octanol–water partition coefficient (Wildman–Crippen LogP) is 4.09. The van der Waals surface area contributed by atoms with Gasteiger partial charge in [0, 0.05) is 37.3 Å². The quantitative estimate of drug-likeness (QED) is 0.433. The molecule has 2 N–H and O–H groups in total. The van der Waals surface area contributed by atoms with Crippen LogP contribution in [0.25, 0.3) is 11.1 Å². The summed E-state index contributed by atoms with van der Waals surface area (Å²) < 4.78 is 1.74. The monoisotopic (exact) mass is 445 g/mol. The molecule has 0 aliphatic heterocycles. The first kappa shape index (κ1) is 23.9. The molecule has 3 aromatic rings. The normalized spacial score (nSPS) is 11.6. The molecule has 8 nitrogen and oxygen atoms in total. The van der Waals surface area contributed by atoms with Gasteiger partial charge in [-0.25, -0.2) is 9.50 Å². The van der Waals surface area contributed by atoms with Crippen LogP contribution in [-0.2, 0) is 0 Å². The van der Waals surface area contributed by atoms with Crippen LogP contribution in [0, 0.1) is 0 Å². The number of amides is 1. The van der Waals surface area contributed by atoms with E-state index in [1.807, 2.05) is 49.6 Å². The number of pyridine rings is 1. The van der Waals surface area contributed by atoms with Crippen molar-refractivity contribution in [1.82, 2.24) is 29.8 Å². The molecule has 3 heterocycles. The number of nitrogens with one attached hydrogen (secondary N) is 2. The number of aromatic nitrogens is 4. The third kappa shape index (κ3) is 6.14. The van der Waals surface area contributed by atoms with E-state index in [4.69, 9.17) is 0 Å². The summed E-state index contributed by atoms with van der Waals surface area (Å²) in [5.74, 6) is 0.882. The van der Waals surface area contributed by atoms with Crippen LogP contribution in [0.2, 0.25) is 0 Å². The molecule has 8 heteroatoms. The Hall–Kier alpha value is -3.78. The van der Waals surface area contributed by atoms with E-state index in [2.05, 4.69) is 51.0 Å². The molecule has 0 saturated carbocycles. The summed E-state index contributed by atoms with van der Waals surface area (Å²) in [6.45, 7) is 13.5. The van der Waals surface area contributed by atoms with Crippen molar-refractivity contribution in [2.75, 3.05) is 31.5 Å². The van der Waals surface area contributed by atoms with Crippen molar-refractivity contribution >= 4 is 28.5 Å². The molecule has 1 amide bonds. The van der Waals surface area contributed by atoms with Crippen LogP contribution in [0.4, 0.5) is 11.5 Å². The molecule has 0 aromatic carbocycles. The maximum absolute atomic E-state index is 12.9. The Labute approximate surface area is 194 Å². The number of fused-ring (bicyclic) bond motifs is 1. The van der Waals surface area contributed by atoms with Crippen LogP contribution in [-0.4, -0.2) is 56.6 Å². The maximum Gasteiger partial charge on any atom is 0.255 e. The van der Waals surface area contributed by atoms with Gasteiger partial charge in [0.2, 0.25) is 0 Å². The predicted molar refractivity (Wildman–Crippen MR) is 134 cm³/mol. The van der Waals surface area contributed by atoms with Crippen LogP contribution in [0.1, 0.15) is 37.0 Å². The van der Waals surface area contributed by atoms with E-state index >= 15 is 0 Å². The molecule has 0 atom stereocenters. The fourth-order valence-corrected chi connectivity index (χ4v) is 3.29. The number of hydrogen-bond donors (Lipinski definition) is 2. The summed E-state index contributed by atoms with van der Waals surface area (Å²) in [4.78, 5) is 24.0. The van der Waals surface area contributed by atoms with Gasteiger partial charge in [-0.1, -0.05) is 44.7 Å². The van der Waals surface area contributed by atoms with Gasteiger partial charge in [-0.05, 0) is 38.2 Å². The first-order chi connectivity index (χ1) is 16.1. The van der Waals surface area contributed by atoms with E-state index in [-0.39, 0.29) is 5.91 Å². The van der Waals surface area contributed by atoms with Crippen LogP contribution >= 0.6 is 0 Å². The lowest BCUT2D eigenvalue weighted by atomic mass is 10.2. The van der Waals surface area contributed by atoms with Crippen LogP contribution in [0.3, 0.4) is 0 Å². The molecule has 33 heavy (non-hydrogen) atoms. The first-order valence-electron chi connectivity index (χ1n) is 11.1. The standard InChI is InChI=1S/C25H31N7O/c1-5-8-9-11-19(4)23-29-24(22-12-10-16-32(22)30-23)28-21-13-14-26-18-20(21)25(33)27-15-17-31(6-2)7-3/h5,8-14,16,18H,4,6-7,15,17H2,1-3H3,(H,27,33)(H,26,28,29,30)/b8-5-,11-9-. The SMILES string of the molecule is C=C(/C=C\C=C/C)c1nc(Nc2ccncc2C(=O)NCCN(CC)CC)c2cccn2n1. The van der Waals surface area contributed by atoms with Gasteiger partial charge in [-0.2, -0.15) is 0 Å². The largest absolute Gasteiger partial charge is 0.351 e. The number of anilines is 2. The third-order valence-corrected chi connectivity index (χ3v) is 5.21. The summed E-state index contributed by atoms with van der Waals surface area (Å²) in [5, 5.41) is 10.8. The van der Waals surface area contributed by atoms with Crippen LogP contribution in [0.15, 0.2) is 67.7 Å². The summed E-state index contributed by atoms with van der Waals surface area (Å²) in [6, 6.07) is 5.57. The first-order valence-corrected chi connectivity index (χ1v) is 11.1. The zero-order chi connectivity index (χ0) is 23.6. The number of hydrogen-bond acceptors (Lipinski definition) is 6. The van der Waals surface area contributed by atoms with E-state index in [0.717, 1.165) is 25.2 Å². The Morgan fingerprint density at radius 3 is 2.82 bits per heavy atom.